The second-order valence-corrected chi connectivity index (χ2v) is 3.47. The van der Waals surface area contributed by atoms with E-state index in [4.69, 9.17) is 16.3 Å². The van der Waals surface area contributed by atoms with E-state index >= 15 is 0 Å². The van der Waals surface area contributed by atoms with Gasteiger partial charge in [0.2, 0.25) is 5.88 Å². The van der Waals surface area contributed by atoms with Crippen LogP contribution in [0.4, 0.5) is 0 Å². The van der Waals surface area contributed by atoms with Crippen LogP contribution in [0.5, 0.6) is 5.88 Å². The molecule has 0 unspecified atom stereocenters. The first-order chi connectivity index (χ1) is 6.31. The Morgan fingerprint density at radius 3 is 2.71 bits per heavy atom. The Morgan fingerprint density at radius 1 is 1.50 bits per heavy atom. The average molecular weight is 235 g/mol. The molecule has 1 aliphatic heterocycles. The van der Waals surface area contributed by atoms with Crippen molar-refractivity contribution in [1.29, 1.82) is 0 Å². The first-order valence-corrected chi connectivity index (χ1v) is 4.60. The van der Waals surface area contributed by atoms with Crippen molar-refractivity contribution in [2.24, 2.45) is 0 Å². The smallest absolute Gasteiger partial charge is 0.218 e. The second-order valence-electron chi connectivity index (χ2n) is 3.09. The Labute approximate surface area is 94.2 Å². The molecule has 0 aliphatic carbocycles. The molecule has 1 aromatic rings. The van der Waals surface area contributed by atoms with Crippen molar-refractivity contribution in [3.8, 4) is 5.88 Å². The molecule has 1 N–H and O–H groups in total. The van der Waals surface area contributed by atoms with E-state index in [1.54, 1.807) is 13.2 Å². The van der Waals surface area contributed by atoms with Crippen molar-refractivity contribution in [2.75, 3.05) is 20.2 Å². The Balaban J connectivity index is 0.000000980. The van der Waals surface area contributed by atoms with Gasteiger partial charge in [0.15, 0.2) is 0 Å². The largest absolute Gasteiger partial charge is 0.481 e. The zero-order valence-corrected chi connectivity index (χ0v) is 9.36. The van der Waals surface area contributed by atoms with Crippen molar-refractivity contribution in [3.63, 3.8) is 0 Å². The molecule has 0 spiro atoms. The molecular formula is C9H12Cl2N2O. The van der Waals surface area contributed by atoms with E-state index in [1.807, 2.05) is 6.07 Å². The quantitative estimate of drug-likeness (QED) is 0.794. The highest BCUT2D eigenvalue weighted by molar-refractivity contribution is 6.29. The Hall–Kier alpha value is -0.510. The first-order valence-electron chi connectivity index (χ1n) is 4.22. The molecule has 0 atom stereocenters. The maximum absolute atomic E-state index is 5.75. The predicted octanol–water partition coefficient (Wildman–Crippen LogP) is 1.85. The van der Waals surface area contributed by atoms with Crippen LogP contribution < -0.4 is 10.1 Å². The third-order valence-electron chi connectivity index (χ3n) is 2.27. The Kier molecular flexibility index (Phi) is 3.98. The highest BCUT2D eigenvalue weighted by atomic mass is 35.5. The summed E-state index contributed by atoms with van der Waals surface area (Å²) in [5.74, 6) is 1.18. The molecule has 2 heterocycles. The van der Waals surface area contributed by atoms with Gasteiger partial charge in [0.05, 0.1) is 7.11 Å². The summed E-state index contributed by atoms with van der Waals surface area (Å²) in [5, 5.41) is 3.69. The molecule has 1 saturated heterocycles. The number of pyridine rings is 1. The van der Waals surface area contributed by atoms with E-state index in [-0.39, 0.29) is 12.4 Å². The summed E-state index contributed by atoms with van der Waals surface area (Å²) in [4.78, 5) is 4.11. The fourth-order valence-corrected chi connectivity index (χ4v) is 1.55. The molecule has 1 aliphatic rings. The topological polar surface area (TPSA) is 34.1 Å². The Morgan fingerprint density at radius 2 is 2.21 bits per heavy atom. The summed E-state index contributed by atoms with van der Waals surface area (Å²) >= 11 is 5.75. The zero-order valence-electron chi connectivity index (χ0n) is 7.79. The summed E-state index contributed by atoms with van der Waals surface area (Å²) in [6.07, 6.45) is 0. The van der Waals surface area contributed by atoms with Crippen LogP contribution in [0.15, 0.2) is 12.1 Å². The molecule has 0 aromatic carbocycles. The van der Waals surface area contributed by atoms with Gasteiger partial charge in [-0.25, -0.2) is 4.98 Å². The van der Waals surface area contributed by atoms with Gasteiger partial charge in [-0.2, -0.15) is 0 Å². The van der Waals surface area contributed by atoms with Gasteiger partial charge < -0.3 is 10.1 Å². The van der Waals surface area contributed by atoms with E-state index in [0.29, 0.717) is 17.0 Å². The van der Waals surface area contributed by atoms with Gasteiger partial charge >= 0.3 is 0 Å². The van der Waals surface area contributed by atoms with Gasteiger partial charge in [0, 0.05) is 24.6 Å². The van der Waals surface area contributed by atoms with E-state index in [0.717, 1.165) is 18.7 Å². The van der Waals surface area contributed by atoms with Crippen molar-refractivity contribution in [3.05, 3.63) is 22.8 Å². The van der Waals surface area contributed by atoms with Crippen molar-refractivity contribution in [2.45, 2.75) is 5.92 Å². The second kappa shape index (κ2) is 4.82. The molecular weight excluding hydrogens is 223 g/mol. The lowest BCUT2D eigenvalue weighted by molar-refractivity contribution is 0.371. The molecule has 5 heteroatoms. The maximum atomic E-state index is 5.75. The van der Waals surface area contributed by atoms with Crippen LogP contribution in [-0.2, 0) is 0 Å². The van der Waals surface area contributed by atoms with Crippen LogP contribution in [-0.4, -0.2) is 25.2 Å². The maximum Gasteiger partial charge on any atom is 0.218 e. The van der Waals surface area contributed by atoms with E-state index in [2.05, 4.69) is 10.3 Å². The number of halogens is 2. The van der Waals surface area contributed by atoms with Crippen LogP contribution in [0.2, 0.25) is 5.15 Å². The van der Waals surface area contributed by atoms with Crippen molar-refractivity contribution >= 4 is 24.0 Å². The zero-order chi connectivity index (χ0) is 9.26. The molecule has 1 aromatic heterocycles. The molecule has 3 nitrogen and oxygen atoms in total. The summed E-state index contributed by atoms with van der Waals surface area (Å²) in [6, 6.07) is 3.79. The van der Waals surface area contributed by atoms with Gasteiger partial charge in [-0.1, -0.05) is 17.7 Å². The van der Waals surface area contributed by atoms with Gasteiger partial charge in [0.25, 0.3) is 0 Å². The van der Waals surface area contributed by atoms with E-state index in [9.17, 15) is 0 Å². The fourth-order valence-electron chi connectivity index (χ4n) is 1.41. The number of methoxy groups -OCH3 is 1. The van der Waals surface area contributed by atoms with E-state index in [1.165, 1.54) is 0 Å². The molecule has 0 radical (unpaired) electrons. The van der Waals surface area contributed by atoms with Crippen LogP contribution in [0, 0.1) is 0 Å². The standard InChI is InChI=1S/C9H11ClN2O.ClH/c1-13-9-7(6-4-11-5-6)2-3-8(10)12-9;/h2-3,6,11H,4-5H2,1H3;1H. The molecule has 0 bridgehead atoms. The number of rotatable bonds is 2. The van der Waals surface area contributed by atoms with Crippen LogP contribution >= 0.6 is 24.0 Å². The highest BCUT2D eigenvalue weighted by Gasteiger charge is 2.23. The van der Waals surface area contributed by atoms with E-state index < -0.39 is 0 Å². The molecule has 78 valence electrons. The van der Waals surface area contributed by atoms with Gasteiger partial charge in [-0.05, 0) is 6.07 Å². The summed E-state index contributed by atoms with van der Waals surface area (Å²) in [6.45, 7) is 2.00. The number of ether oxygens (including phenoxy) is 1. The molecule has 1 fully saturated rings. The third kappa shape index (κ3) is 2.11. The highest BCUT2D eigenvalue weighted by Crippen LogP contribution is 2.28. The molecule has 2 rings (SSSR count). The van der Waals surface area contributed by atoms with Crippen LogP contribution in [0.3, 0.4) is 0 Å². The number of nitrogens with zero attached hydrogens (tertiary/aromatic N) is 1. The Bertz CT molecular complexity index is 316. The summed E-state index contributed by atoms with van der Waals surface area (Å²) in [7, 11) is 1.62. The SMILES string of the molecule is COc1nc(Cl)ccc1C1CNC1.Cl. The monoisotopic (exact) mass is 234 g/mol. The molecule has 0 saturated carbocycles. The minimum Gasteiger partial charge on any atom is -0.481 e. The van der Waals surface area contributed by atoms with Crippen LogP contribution in [0.25, 0.3) is 0 Å². The summed E-state index contributed by atoms with van der Waals surface area (Å²) < 4.78 is 5.16. The normalized spacial score (nSPS) is 15.6. The van der Waals surface area contributed by atoms with Gasteiger partial charge in [0.1, 0.15) is 5.15 Å². The number of hydrogen-bond acceptors (Lipinski definition) is 3. The first kappa shape index (κ1) is 11.6. The average Bonchev–Trinajstić information content (AvgIpc) is 2.05. The third-order valence-corrected chi connectivity index (χ3v) is 2.48. The molecule has 0 amide bonds. The molecule has 14 heavy (non-hydrogen) atoms. The number of nitrogens with one attached hydrogen (secondary N) is 1. The minimum atomic E-state index is 0. The predicted molar refractivity (Wildman–Crippen MR) is 58.7 cm³/mol. The minimum absolute atomic E-state index is 0. The van der Waals surface area contributed by atoms with Crippen molar-refractivity contribution < 1.29 is 4.74 Å². The lowest BCUT2D eigenvalue weighted by Gasteiger charge is -2.28. The lowest BCUT2D eigenvalue weighted by Crippen LogP contribution is -2.40. The fraction of sp³-hybridized carbons (Fsp3) is 0.444. The summed E-state index contributed by atoms with van der Waals surface area (Å²) in [5.41, 5.74) is 1.14. The van der Waals surface area contributed by atoms with Gasteiger partial charge in [-0.15, -0.1) is 12.4 Å². The number of aromatic nitrogens is 1. The number of hydrogen-bond donors (Lipinski definition) is 1. The lowest BCUT2D eigenvalue weighted by atomic mass is 9.95. The van der Waals surface area contributed by atoms with Crippen molar-refractivity contribution in [1.82, 2.24) is 10.3 Å². The van der Waals surface area contributed by atoms with Gasteiger partial charge in [-0.3, -0.25) is 0 Å². The van der Waals surface area contributed by atoms with Crippen LogP contribution in [0.1, 0.15) is 11.5 Å².